The lowest BCUT2D eigenvalue weighted by atomic mass is 9.94. The highest BCUT2D eigenvalue weighted by Gasteiger charge is 2.23. The van der Waals surface area contributed by atoms with Crippen molar-refractivity contribution >= 4 is 5.91 Å². The summed E-state index contributed by atoms with van der Waals surface area (Å²) < 4.78 is 0. The molecule has 1 aliphatic heterocycles. The van der Waals surface area contributed by atoms with Gasteiger partial charge in [-0.05, 0) is 24.8 Å². The predicted molar refractivity (Wildman–Crippen MR) is 62.6 cm³/mol. The van der Waals surface area contributed by atoms with Gasteiger partial charge in [0, 0.05) is 18.5 Å². The van der Waals surface area contributed by atoms with Gasteiger partial charge < -0.3 is 10.6 Å². The first-order chi connectivity index (χ1) is 7.00. The van der Waals surface area contributed by atoms with E-state index in [0.29, 0.717) is 17.9 Å². The van der Waals surface area contributed by atoms with Crippen LogP contribution < -0.4 is 10.6 Å². The van der Waals surface area contributed by atoms with Crippen molar-refractivity contribution in [2.24, 2.45) is 17.8 Å². The predicted octanol–water partition coefficient (Wildman–Crippen LogP) is 1.39. The Hall–Kier alpha value is -0.570. The molecule has 3 heteroatoms. The lowest BCUT2D eigenvalue weighted by Crippen LogP contribution is -2.49. The van der Waals surface area contributed by atoms with Crippen molar-refractivity contribution in [3.63, 3.8) is 0 Å². The number of amides is 1. The van der Waals surface area contributed by atoms with Gasteiger partial charge in [0.05, 0.1) is 0 Å². The molecule has 1 saturated heterocycles. The zero-order chi connectivity index (χ0) is 11.4. The highest BCUT2D eigenvalue weighted by atomic mass is 16.1. The molecule has 0 aromatic carbocycles. The van der Waals surface area contributed by atoms with Crippen LogP contribution in [0.25, 0.3) is 0 Å². The van der Waals surface area contributed by atoms with E-state index < -0.39 is 0 Å². The molecule has 1 amide bonds. The lowest BCUT2D eigenvalue weighted by Gasteiger charge is -2.29. The van der Waals surface area contributed by atoms with Crippen molar-refractivity contribution in [1.82, 2.24) is 10.6 Å². The van der Waals surface area contributed by atoms with Crippen LogP contribution in [0.4, 0.5) is 0 Å². The number of nitrogens with one attached hydrogen (secondary N) is 2. The van der Waals surface area contributed by atoms with Crippen molar-refractivity contribution in [1.29, 1.82) is 0 Å². The summed E-state index contributed by atoms with van der Waals surface area (Å²) in [6.45, 7) is 10.4. The minimum atomic E-state index is 0.113. The molecule has 3 unspecified atom stereocenters. The number of carbonyl (C=O) groups excluding carboxylic acids is 1. The van der Waals surface area contributed by atoms with E-state index >= 15 is 0 Å². The molecule has 2 N–H and O–H groups in total. The first kappa shape index (κ1) is 12.5. The topological polar surface area (TPSA) is 41.1 Å². The van der Waals surface area contributed by atoms with Gasteiger partial charge in [-0.1, -0.05) is 27.7 Å². The van der Waals surface area contributed by atoms with Gasteiger partial charge in [-0.25, -0.2) is 0 Å². The summed E-state index contributed by atoms with van der Waals surface area (Å²) >= 11 is 0. The van der Waals surface area contributed by atoms with Crippen molar-refractivity contribution in [3.05, 3.63) is 0 Å². The molecule has 3 nitrogen and oxygen atoms in total. The molecule has 0 saturated carbocycles. The Kier molecular flexibility index (Phi) is 4.58. The second kappa shape index (κ2) is 5.50. The van der Waals surface area contributed by atoms with Crippen LogP contribution in [0, 0.1) is 17.8 Å². The quantitative estimate of drug-likeness (QED) is 0.742. The third kappa shape index (κ3) is 3.82. The van der Waals surface area contributed by atoms with E-state index in [0.717, 1.165) is 19.5 Å². The molecule has 0 bridgehead atoms. The van der Waals surface area contributed by atoms with E-state index in [-0.39, 0.29) is 11.8 Å². The second-order valence-electron chi connectivity index (χ2n) is 5.24. The van der Waals surface area contributed by atoms with Gasteiger partial charge in [0.25, 0.3) is 0 Å². The van der Waals surface area contributed by atoms with E-state index in [1.807, 2.05) is 6.92 Å². The van der Waals surface area contributed by atoms with Gasteiger partial charge in [0.1, 0.15) is 0 Å². The number of piperidine rings is 1. The fraction of sp³-hybridized carbons (Fsp3) is 0.917. The highest BCUT2D eigenvalue weighted by molar-refractivity contribution is 5.78. The number of hydrogen-bond donors (Lipinski definition) is 2. The summed E-state index contributed by atoms with van der Waals surface area (Å²) in [7, 11) is 0. The molecule has 0 aliphatic carbocycles. The Morgan fingerprint density at radius 1 is 1.33 bits per heavy atom. The summed E-state index contributed by atoms with van der Waals surface area (Å²) in [6, 6.07) is 0.322. The Morgan fingerprint density at radius 2 is 2.00 bits per heavy atom. The van der Waals surface area contributed by atoms with E-state index in [1.54, 1.807) is 0 Å². The van der Waals surface area contributed by atoms with Gasteiger partial charge >= 0.3 is 0 Å². The first-order valence-corrected chi connectivity index (χ1v) is 6.01. The van der Waals surface area contributed by atoms with Crippen LogP contribution in [0.15, 0.2) is 0 Å². The summed E-state index contributed by atoms with van der Waals surface area (Å²) in [5.41, 5.74) is 0. The number of carbonyl (C=O) groups is 1. The zero-order valence-corrected chi connectivity index (χ0v) is 10.3. The van der Waals surface area contributed by atoms with Crippen LogP contribution >= 0.6 is 0 Å². The molecular formula is C12H24N2O. The third-order valence-corrected chi connectivity index (χ3v) is 3.33. The van der Waals surface area contributed by atoms with Crippen LogP contribution in [-0.2, 0) is 4.79 Å². The first-order valence-electron chi connectivity index (χ1n) is 6.01. The van der Waals surface area contributed by atoms with Crippen LogP contribution in [-0.4, -0.2) is 25.0 Å². The van der Waals surface area contributed by atoms with E-state index in [9.17, 15) is 4.79 Å². The standard InChI is InChI=1S/C12H24N2O/c1-8(2)10(4)12(15)14-11-5-9(3)6-13-7-11/h8-11,13H,5-7H2,1-4H3,(H,14,15). The molecule has 1 heterocycles. The van der Waals surface area contributed by atoms with Crippen molar-refractivity contribution in [3.8, 4) is 0 Å². The molecule has 0 aromatic rings. The highest BCUT2D eigenvalue weighted by Crippen LogP contribution is 2.13. The molecule has 0 spiro atoms. The molecule has 15 heavy (non-hydrogen) atoms. The largest absolute Gasteiger partial charge is 0.352 e. The Labute approximate surface area is 93.0 Å². The van der Waals surface area contributed by atoms with Crippen LogP contribution in [0.1, 0.15) is 34.1 Å². The lowest BCUT2D eigenvalue weighted by molar-refractivity contribution is -0.126. The average Bonchev–Trinajstić information content (AvgIpc) is 2.16. The van der Waals surface area contributed by atoms with E-state index in [1.165, 1.54) is 0 Å². The summed E-state index contributed by atoms with van der Waals surface area (Å²) in [4.78, 5) is 11.8. The maximum atomic E-state index is 11.8. The monoisotopic (exact) mass is 212 g/mol. The fourth-order valence-electron chi connectivity index (χ4n) is 1.90. The van der Waals surface area contributed by atoms with Crippen LogP contribution in [0.2, 0.25) is 0 Å². The SMILES string of the molecule is CC1CNCC(NC(=O)C(C)C(C)C)C1. The fourth-order valence-corrected chi connectivity index (χ4v) is 1.90. The Morgan fingerprint density at radius 3 is 2.53 bits per heavy atom. The average molecular weight is 212 g/mol. The zero-order valence-electron chi connectivity index (χ0n) is 10.3. The normalized spacial score (nSPS) is 28.9. The van der Waals surface area contributed by atoms with E-state index in [2.05, 4.69) is 31.4 Å². The third-order valence-electron chi connectivity index (χ3n) is 3.33. The maximum Gasteiger partial charge on any atom is 0.223 e. The smallest absolute Gasteiger partial charge is 0.223 e. The van der Waals surface area contributed by atoms with E-state index in [4.69, 9.17) is 0 Å². The minimum absolute atomic E-state index is 0.113. The molecule has 88 valence electrons. The molecule has 0 radical (unpaired) electrons. The minimum Gasteiger partial charge on any atom is -0.352 e. The number of rotatable bonds is 3. The molecule has 1 aliphatic rings. The molecule has 1 rings (SSSR count). The Balaban J connectivity index is 2.37. The summed E-state index contributed by atoms with van der Waals surface area (Å²) in [5.74, 6) is 1.39. The summed E-state index contributed by atoms with van der Waals surface area (Å²) in [5, 5.41) is 6.47. The molecule has 0 aromatic heterocycles. The van der Waals surface area contributed by atoms with Crippen LogP contribution in [0.3, 0.4) is 0 Å². The van der Waals surface area contributed by atoms with Gasteiger partial charge in [-0.3, -0.25) is 4.79 Å². The van der Waals surface area contributed by atoms with Gasteiger partial charge in [0.15, 0.2) is 0 Å². The van der Waals surface area contributed by atoms with Crippen molar-refractivity contribution < 1.29 is 4.79 Å². The summed E-state index contributed by atoms with van der Waals surface area (Å²) in [6.07, 6.45) is 1.10. The molecule has 3 atom stereocenters. The van der Waals surface area contributed by atoms with Gasteiger partial charge in [0.2, 0.25) is 5.91 Å². The number of hydrogen-bond acceptors (Lipinski definition) is 2. The van der Waals surface area contributed by atoms with Crippen LogP contribution in [0.5, 0.6) is 0 Å². The van der Waals surface area contributed by atoms with Crippen molar-refractivity contribution in [2.75, 3.05) is 13.1 Å². The molecule has 1 fully saturated rings. The van der Waals surface area contributed by atoms with Gasteiger partial charge in [-0.2, -0.15) is 0 Å². The Bertz CT molecular complexity index is 216. The van der Waals surface area contributed by atoms with Crippen molar-refractivity contribution in [2.45, 2.75) is 40.2 Å². The second-order valence-corrected chi connectivity index (χ2v) is 5.24. The van der Waals surface area contributed by atoms with Gasteiger partial charge in [-0.15, -0.1) is 0 Å². The molecular weight excluding hydrogens is 188 g/mol. The maximum absolute atomic E-state index is 11.8.